The summed E-state index contributed by atoms with van der Waals surface area (Å²) in [6, 6.07) is 14.7. The molecule has 0 saturated carbocycles. The zero-order valence-electron chi connectivity index (χ0n) is 9.30. The Morgan fingerprint density at radius 1 is 0.647 bits per heavy atom. The lowest BCUT2D eigenvalue weighted by Crippen LogP contribution is -1.79. The van der Waals surface area contributed by atoms with E-state index in [0.717, 1.165) is 0 Å². The fourth-order valence-corrected chi connectivity index (χ4v) is 1.90. The van der Waals surface area contributed by atoms with E-state index in [-0.39, 0.29) is 0 Å². The van der Waals surface area contributed by atoms with E-state index in [1.54, 1.807) is 0 Å². The fourth-order valence-electron chi connectivity index (χ4n) is 1.90. The molecule has 0 radical (unpaired) electrons. The topological polar surface area (TPSA) is 28.7 Å². The van der Waals surface area contributed by atoms with Gasteiger partial charge in [-0.2, -0.15) is 0 Å². The highest BCUT2D eigenvalue weighted by molar-refractivity contribution is 5.69. The van der Waals surface area contributed by atoms with Gasteiger partial charge in [0.2, 0.25) is 0 Å². The second-order valence-electron chi connectivity index (χ2n) is 3.91. The summed E-state index contributed by atoms with van der Waals surface area (Å²) >= 11 is 0. The molecule has 0 aliphatic heterocycles. The zero-order valence-corrected chi connectivity index (χ0v) is 9.30. The molecule has 1 aromatic carbocycles. The Kier molecular flexibility index (Phi) is 2.47. The summed E-state index contributed by atoms with van der Waals surface area (Å²) in [6.45, 7) is 0. The first-order valence-corrected chi connectivity index (χ1v) is 5.57. The highest BCUT2D eigenvalue weighted by atomic mass is 14.6. The SMILES string of the molecule is c1cc(-c2ccc(-c3cc[nH]c3)cc2)ccn1. The number of rotatable bonds is 2. The third-order valence-corrected chi connectivity index (χ3v) is 2.83. The van der Waals surface area contributed by atoms with Crippen molar-refractivity contribution < 1.29 is 0 Å². The van der Waals surface area contributed by atoms with E-state index >= 15 is 0 Å². The number of aromatic nitrogens is 2. The molecule has 0 spiro atoms. The van der Waals surface area contributed by atoms with Crippen LogP contribution >= 0.6 is 0 Å². The molecule has 0 aliphatic carbocycles. The first-order chi connectivity index (χ1) is 8.43. The second kappa shape index (κ2) is 4.26. The molecule has 0 amide bonds. The normalized spacial score (nSPS) is 10.4. The lowest BCUT2D eigenvalue weighted by Gasteiger charge is -2.02. The minimum Gasteiger partial charge on any atom is -0.367 e. The minimum atomic E-state index is 1.20. The molecule has 2 heteroatoms. The van der Waals surface area contributed by atoms with Crippen LogP contribution < -0.4 is 0 Å². The van der Waals surface area contributed by atoms with Crippen LogP contribution in [0.1, 0.15) is 0 Å². The maximum Gasteiger partial charge on any atom is 0.0273 e. The van der Waals surface area contributed by atoms with Crippen LogP contribution in [0.15, 0.2) is 67.3 Å². The van der Waals surface area contributed by atoms with Gasteiger partial charge in [0.05, 0.1) is 0 Å². The molecule has 0 unspecified atom stereocenters. The fraction of sp³-hybridized carbons (Fsp3) is 0. The Labute approximate surface area is 100.0 Å². The molecular weight excluding hydrogens is 208 g/mol. The van der Waals surface area contributed by atoms with Gasteiger partial charge >= 0.3 is 0 Å². The van der Waals surface area contributed by atoms with Crippen LogP contribution in [0.3, 0.4) is 0 Å². The van der Waals surface area contributed by atoms with E-state index in [1.807, 2.05) is 36.9 Å². The highest BCUT2D eigenvalue weighted by Crippen LogP contribution is 2.23. The molecule has 2 nitrogen and oxygen atoms in total. The Morgan fingerprint density at radius 2 is 1.24 bits per heavy atom. The summed E-state index contributed by atoms with van der Waals surface area (Å²) < 4.78 is 0. The molecule has 0 saturated heterocycles. The maximum atomic E-state index is 4.02. The summed E-state index contributed by atoms with van der Waals surface area (Å²) in [5.41, 5.74) is 4.85. The molecule has 3 rings (SSSR count). The van der Waals surface area contributed by atoms with Crippen LogP contribution in [-0.2, 0) is 0 Å². The van der Waals surface area contributed by atoms with E-state index in [2.05, 4.69) is 40.3 Å². The summed E-state index contributed by atoms with van der Waals surface area (Å²) in [7, 11) is 0. The van der Waals surface area contributed by atoms with Crippen LogP contribution in [0.2, 0.25) is 0 Å². The summed E-state index contributed by atoms with van der Waals surface area (Å²) in [6.07, 6.45) is 7.57. The molecule has 0 aliphatic rings. The van der Waals surface area contributed by atoms with Crippen molar-refractivity contribution in [1.29, 1.82) is 0 Å². The van der Waals surface area contributed by atoms with Gasteiger partial charge < -0.3 is 4.98 Å². The Balaban J connectivity index is 1.96. The van der Waals surface area contributed by atoms with Gasteiger partial charge in [-0.15, -0.1) is 0 Å². The molecule has 2 aromatic heterocycles. The number of aromatic amines is 1. The van der Waals surface area contributed by atoms with E-state index in [0.29, 0.717) is 0 Å². The number of nitrogens with one attached hydrogen (secondary N) is 1. The van der Waals surface area contributed by atoms with Crippen LogP contribution in [0.5, 0.6) is 0 Å². The van der Waals surface area contributed by atoms with Crippen LogP contribution in [-0.4, -0.2) is 9.97 Å². The standard InChI is InChI=1S/C15H12N2/c1-3-13(15-7-10-17-11-15)4-2-12(1)14-5-8-16-9-6-14/h1-11,17H. The lowest BCUT2D eigenvalue weighted by atomic mass is 10.0. The number of hydrogen-bond acceptors (Lipinski definition) is 1. The van der Waals surface area contributed by atoms with Crippen LogP contribution in [0.25, 0.3) is 22.3 Å². The Morgan fingerprint density at radius 3 is 1.82 bits per heavy atom. The summed E-state index contributed by atoms with van der Waals surface area (Å²) in [5, 5.41) is 0. The van der Waals surface area contributed by atoms with Crippen molar-refractivity contribution in [2.45, 2.75) is 0 Å². The van der Waals surface area contributed by atoms with Crippen molar-refractivity contribution in [3.63, 3.8) is 0 Å². The number of benzene rings is 1. The molecular formula is C15H12N2. The lowest BCUT2D eigenvalue weighted by molar-refractivity contribution is 1.33. The number of pyridine rings is 1. The predicted molar refractivity (Wildman–Crippen MR) is 69.5 cm³/mol. The van der Waals surface area contributed by atoms with Crippen molar-refractivity contribution in [3.05, 3.63) is 67.3 Å². The molecule has 17 heavy (non-hydrogen) atoms. The van der Waals surface area contributed by atoms with Crippen molar-refractivity contribution in [2.24, 2.45) is 0 Å². The molecule has 0 fully saturated rings. The summed E-state index contributed by atoms with van der Waals surface area (Å²) in [4.78, 5) is 7.09. The molecule has 82 valence electrons. The van der Waals surface area contributed by atoms with E-state index in [1.165, 1.54) is 22.3 Å². The number of H-pyrrole nitrogens is 1. The third kappa shape index (κ3) is 1.97. The van der Waals surface area contributed by atoms with Gasteiger partial charge in [-0.3, -0.25) is 4.98 Å². The summed E-state index contributed by atoms with van der Waals surface area (Å²) in [5.74, 6) is 0. The van der Waals surface area contributed by atoms with Gasteiger partial charge in [-0.1, -0.05) is 24.3 Å². The van der Waals surface area contributed by atoms with Gasteiger partial charge in [-0.05, 0) is 40.5 Å². The number of hydrogen-bond donors (Lipinski definition) is 1. The van der Waals surface area contributed by atoms with E-state index < -0.39 is 0 Å². The van der Waals surface area contributed by atoms with Gasteiger partial charge in [0.15, 0.2) is 0 Å². The number of nitrogens with zero attached hydrogens (tertiary/aromatic N) is 1. The predicted octanol–water partition coefficient (Wildman–Crippen LogP) is 3.74. The molecule has 0 bridgehead atoms. The van der Waals surface area contributed by atoms with Gasteiger partial charge in [0.1, 0.15) is 0 Å². The molecule has 1 N–H and O–H groups in total. The highest BCUT2D eigenvalue weighted by Gasteiger charge is 1.99. The average molecular weight is 220 g/mol. The Hall–Kier alpha value is -2.35. The largest absolute Gasteiger partial charge is 0.367 e. The second-order valence-corrected chi connectivity index (χ2v) is 3.91. The third-order valence-electron chi connectivity index (χ3n) is 2.83. The van der Waals surface area contributed by atoms with Gasteiger partial charge in [0.25, 0.3) is 0 Å². The Bertz CT molecular complexity index is 581. The van der Waals surface area contributed by atoms with Crippen molar-refractivity contribution in [3.8, 4) is 22.3 Å². The van der Waals surface area contributed by atoms with Gasteiger partial charge in [-0.25, -0.2) is 0 Å². The maximum absolute atomic E-state index is 4.02. The van der Waals surface area contributed by atoms with Gasteiger partial charge in [0, 0.05) is 24.8 Å². The van der Waals surface area contributed by atoms with E-state index in [9.17, 15) is 0 Å². The smallest absolute Gasteiger partial charge is 0.0273 e. The zero-order chi connectivity index (χ0) is 11.5. The molecule has 0 atom stereocenters. The van der Waals surface area contributed by atoms with Crippen molar-refractivity contribution >= 4 is 0 Å². The average Bonchev–Trinajstić information content (AvgIpc) is 2.94. The molecule has 3 aromatic rings. The first kappa shape index (κ1) is 9.85. The van der Waals surface area contributed by atoms with Crippen LogP contribution in [0, 0.1) is 0 Å². The monoisotopic (exact) mass is 220 g/mol. The van der Waals surface area contributed by atoms with Crippen molar-refractivity contribution in [2.75, 3.05) is 0 Å². The molecule has 2 heterocycles. The van der Waals surface area contributed by atoms with Crippen molar-refractivity contribution in [1.82, 2.24) is 9.97 Å². The van der Waals surface area contributed by atoms with Crippen LogP contribution in [0.4, 0.5) is 0 Å². The van der Waals surface area contributed by atoms with E-state index in [4.69, 9.17) is 0 Å². The first-order valence-electron chi connectivity index (χ1n) is 5.57. The quantitative estimate of drug-likeness (QED) is 0.700. The minimum absolute atomic E-state index is 1.20.